The van der Waals surface area contributed by atoms with E-state index in [1.54, 1.807) is 6.20 Å². The normalized spacial score (nSPS) is 15.0. The van der Waals surface area contributed by atoms with Gasteiger partial charge in [-0.3, -0.25) is 4.79 Å². The van der Waals surface area contributed by atoms with Crippen molar-refractivity contribution in [2.75, 3.05) is 36.5 Å². The Balaban J connectivity index is 1.80. The molecule has 1 aliphatic heterocycles. The number of anilines is 2. The predicted octanol–water partition coefficient (Wildman–Crippen LogP) is 2.54. The van der Waals surface area contributed by atoms with Gasteiger partial charge in [0, 0.05) is 13.1 Å². The molecule has 0 bridgehead atoms. The number of hydrogen-bond acceptors (Lipinski definition) is 5. The third-order valence-electron chi connectivity index (χ3n) is 3.35. The SMILES string of the molecule is Cc1ncc(C(=O)Nc2ccccc2N2CCOCC2)s1. The number of morpholine rings is 1. The van der Waals surface area contributed by atoms with E-state index in [1.165, 1.54) is 11.3 Å². The van der Waals surface area contributed by atoms with E-state index in [0.29, 0.717) is 4.88 Å². The van der Waals surface area contributed by atoms with Gasteiger partial charge < -0.3 is 15.0 Å². The van der Waals surface area contributed by atoms with Crippen LogP contribution in [0.25, 0.3) is 0 Å². The highest BCUT2D eigenvalue weighted by Crippen LogP contribution is 2.27. The minimum absolute atomic E-state index is 0.110. The van der Waals surface area contributed by atoms with Crippen molar-refractivity contribution >= 4 is 28.6 Å². The van der Waals surface area contributed by atoms with Gasteiger partial charge in [-0.2, -0.15) is 0 Å². The first kappa shape index (κ1) is 14.0. The zero-order valence-corrected chi connectivity index (χ0v) is 12.7. The lowest BCUT2D eigenvalue weighted by atomic mass is 10.2. The Bertz CT molecular complexity index is 635. The number of amides is 1. The highest BCUT2D eigenvalue weighted by molar-refractivity contribution is 7.13. The number of carbonyl (C=O) groups excluding carboxylic acids is 1. The van der Waals surface area contributed by atoms with E-state index >= 15 is 0 Å². The Labute approximate surface area is 127 Å². The summed E-state index contributed by atoms with van der Waals surface area (Å²) in [5.74, 6) is -0.110. The maximum atomic E-state index is 12.3. The second-order valence-electron chi connectivity index (χ2n) is 4.81. The molecular weight excluding hydrogens is 286 g/mol. The third-order valence-corrected chi connectivity index (χ3v) is 4.26. The fraction of sp³-hybridized carbons (Fsp3) is 0.333. The highest BCUT2D eigenvalue weighted by atomic mass is 32.1. The van der Waals surface area contributed by atoms with Crippen molar-refractivity contribution in [2.45, 2.75) is 6.92 Å². The molecule has 2 aromatic rings. The average Bonchev–Trinajstić information content (AvgIpc) is 2.95. The number of rotatable bonds is 3. The molecule has 3 rings (SSSR count). The molecule has 1 aromatic heterocycles. The van der Waals surface area contributed by atoms with Crippen molar-refractivity contribution in [1.29, 1.82) is 0 Å². The molecule has 21 heavy (non-hydrogen) atoms. The molecule has 110 valence electrons. The summed E-state index contributed by atoms with van der Waals surface area (Å²) in [6.45, 7) is 5.01. The van der Waals surface area contributed by atoms with Crippen LogP contribution in [-0.2, 0) is 4.74 Å². The number of thiazole rings is 1. The second-order valence-corrected chi connectivity index (χ2v) is 6.05. The van der Waals surface area contributed by atoms with Crippen molar-refractivity contribution in [1.82, 2.24) is 4.98 Å². The maximum absolute atomic E-state index is 12.3. The summed E-state index contributed by atoms with van der Waals surface area (Å²) < 4.78 is 5.38. The van der Waals surface area contributed by atoms with Crippen molar-refractivity contribution in [3.63, 3.8) is 0 Å². The first-order valence-electron chi connectivity index (χ1n) is 6.89. The molecule has 1 saturated heterocycles. The molecular formula is C15H17N3O2S. The summed E-state index contributed by atoms with van der Waals surface area (Å²) in [7, 11) is 0. The molecule has 0 unspecified atom stereocenters. The number of nitrogens with zero attached hydrogens (tertiary/aromatic N) is 2. The van der Waals surface area contributed by atoms with E-state index in [-0.39, 0.29) is 5.91 Å². The zero-order chi connectivity index (χ0) is 14.7. The maximum Gasteiger partial charge on any atom is 0.267 e. The number of ether oxygens (including phenoxy) is 1. The number of carbonyl (C=O) groups is 1. The lowest BCUT2D eigenvalue weighted by molar-refractivity contribution is 0.103. The number of nitrogens with one attached hydrogen (secondary N) is 1. The Morgan fingerprint density at radius 2 is 2.10 bits per heavy atom. The van der Waals surface area contributed by atoms with E-state index in [0.717, 1.165) is 42.7 Å². The molecule has 1 N–H and O–H groups in total. The highest BCUT2D eigenvalue weighted by Gasteiger charge is 2.17. The number of aryl methyl sites for hydroxylation is 1. The second kappa shape index (κ2) is 6.24. The van der Waals surface area contributed by atoms with Crippen LogP contribution in [0.3, 0.4) is 0 Å². The van der Waals surface area contributed by atoms with E-state index in [9.17, 15) is 4.79 Å². The van der Waals surface area contributed by atoms with Crippen molar-refractivity contribution < 1.29 is 9.53 Å². The average molecular weight is 303 g/mol. The van der Waals surface area contributed by atoms with Crippen LogP contribution in [-0.4, -0.2) is 37.2 Å². The van der Waals surface area contributed by atoms with Gasteiger partial charge in [0.05, 0.1) is 35.8 Å². The van der Waals surface area contributed by atoms with E-state index < -0.39 is 0 Å². The van der Waals surface area contributed by atoms with Gasteiger partial charge in [-0.15, -0.1) is 11.3 Å². The zero-order valence-electron chi connectivity index (χ0n) is 11.8. The first-order chi connectivity index (χ1) is 10.2. The molecule has 0 aliphatic carbocycles. The standard InChI is InChI=1S/C15H17N3O2S/c1-11-16-10-14(21-11)15(19)17-12-4-2-3-5-13(12)18-6-8-20-9-7-18/h2-5,10H,6-9H2,1H3,(H,17,19). The fourth-order valence-electron chi connectivity index (χ4n) is 2.31. The summed E-state index contributed by atoms with van der Waals surface area (Å²) >= 11 is 1.40. The molecule has 0 atom stereocenters. The van der Waals surface area contributed by atoms with Gasteiger partial charge in [0.1, 0.15) is 4.88 Å². The van der Waals surface area contributed by atoms with Gasteiger partial charge in [-0.05, 0) is 19.1 Å². The number of para-hydroxylation sites is 2. The van der Waals surface area contributed by atoms with Crippen LogP contribution in [0.1, 0.15) is 14.7 Å². The smallest absolute Gasteiger partial charge is 0.267 e. The summed E-state index contributed by atoms with van der Waals surface area (Å²) in [5.41, 5.74) is 1.87. The summed E-state index contributed by atoms with van der Waals surface area (Å²) in [5, 5.41) is 3.88. The van der Waals surface area contributed by atoms with Crippen molar-refractivity contribution in [3.8, 4) is 0 Å². The van der Waals surface area contributed by atoms with Gasteiger partial charge in [0.25, 0.3) is 5.91 Å². The van der Waals surface area contributed by atoms with Gasteiger partial charge in [0.15, 0.2) is 0 Å². The monoisotopic (exact) mass is 303 g/mol. The molecule has 1 amide bonds. The van der Waals surface area contributed by atoms with Gasteiger partial charge in [-0.25, -0.2) is 4.98 Å². The Hall–Kier alpha value is -1.92. The molecule has 2 heterocycles. The molecule has 1 aromatic carbocycles. The minimum Gasteiger partial charge on any atom is -0.378 e. The number of benzene rings is 1. The third kappa shape index (κ3) is 3.22. The van der Waals surface area contributed by atoms with Crippen LogP contribution in [0, 0.1) is 6.92 Å². The predicted molar refractivity (Wildman–Crippen MR) is 84.3 cm³/mol. The number of hydrogen-bond donors (Lipinski definition) is 1. The minimum atomic E-state index is -0.110. The molecule has 0 spiro atoms. The Kier molecular flexibility index (Phi) is 4.17. The lowest BCUT2D eigenvalue weighted by Gasteiger charge is -2.30. The van der Waals surface area contributed by atoms with Crippen LogP contribution in [0.4, 0.5) is 11.4 Å². The van der Waals surface area contributed by atoms with Crippen molar-refractivity contribution in [3.05, 3.63) is 40.3 Å². The van der Waals surface area contributed by atoms with Crippen LogP contribution < -0.4 is 10.2 Å². The first-order valence-corrected chi connectivity index (χ1v) is 7.71. The molecule has 6 heteroatoms. The summed E-state index contributed by atoms with van der Waals surface area (Å²) in [6, 6.07) is 7.87. The summed E-state index contributed by atoms with van der Waals surface area (Å²) in [6.07, 6.45) is 1.62. The van der Waals surface area contributed by atoms with E-state index in [4.69, 9.17) is 4.74 Å². The quantitative estimate of drug-likeness (QED) is 0.947. The molecule has 0 saturated carbocycles. The van der Waals surface area contributed by atoms with Crippen molar-refractivity contribution in [2.24, 2.45) is 0 Å². The topological polar surface area (TPSA) is 54.5 Å². The van der Waals surface area contributed by atoms with Crippen LogP contribution >= 0.6 is 11.3 Å². The molecule has 5 nitrogen and oxygen atoms in total. The number of aromatic nitrogens is 1. The van der Waals surface area contributed by atoms with Crippen LogP contribution in [0.2, 0.25) is 0 Å². The lowest BCUT2D eigenvalue weighted by Crippen LogP contribution is -2.36. The van der Waals surface area contributed by atoms with Crippen LogP contribution in [0.15, 0.2) is 30.5 Å². The molecule has 1 fully saturated rings. The fourth-order valence-corrected chi connectivity index (χ4v) is 2.98. The van der Waals surface area contributed by atoms with Crippen LogP contribution in [0.5, 0.6) is 0 Å². The molecule has 1 aliphatic rings. The van der Waals surface area contributed by atoms with Gasteiger partial charge in [0.2, 0.25) is 0 Å². The Morgan fingerprint density at radius 1 is 1.33 bits per heavy atom. The van der Waals surface area contributed by atoms with E-state index in [2.05, 4.69) is 15.2 Å². The van der Waals surface area contributed by atoms with Gasteiger partial charge in [-0.1, -0.05) is 12.1 Å². The van der Waals surface area contributed by atoms with E-state index in [1.807, 2.05) is 31.2 Å². The largest absolute Gasteiger partial charge is 0.378 e. The summed E-state index contributed by atoms with van der Waals surface area (Å²) in [4.78, 5) is 19.3. The van der Waals surface area contributed by atoms with Gasteiger partial charge >= 0.3 is 0 Å². The Morgan fingerprint density at radius 3 is 2.81 bits per heavy atom. The molecule has 0 radical (unpaired) electrons.